The summed E-state index contributed by atoms with van der Waals surface area (Å²) >= 11 is 6.07. The van der Waals surface area contributed by atoms with Gasteiger partial charge in [0.1, 0.15) is 0 Å². The molecule has 5 heteroatoms. The molecular formula is C14H19ClN2O2. The maximum absolute atomic E-state index is 11.0. The van der Waals surface area contributed by atoms with E-state index in [9.17, 15) is 10.1 Å². The van der Waals surface area contributed by atoms with Crippen molar-refractivity contribution < 1.29 is 4.92 Å². The molecule has 1 saturated carbocycles. The average Bonchev–Trinajstić information content (AvgIpc) is 3.19. The summed E-state index contributed by atoms with van der Waals surface area (Å²) in [7, 11) is 0. The zero-order valence-corrected chi connectivity index (χ0v) is 11.8. The minimum Gasteiger partial charge on any atom is -0.310 e. The van der Waals surface area contributed by atoms with Crippen molar-refractivity contribution in [2.24, 2.45) is 5.92 Å². The quantitative estimate of drug-likeness (QED) is 0.609. The second-order valence-corrected chi connectivity index (χ2v) is 5.57. The lowest BCUT2D eigenvalue weighted by Gasteiger charge is -2.17. The molecule has 0 saturated heterocycles. The molecule has 0 radical (unpaired) electrons. The number of hydrogen-bond donors (Lipinski definition) is 1. The Morgan fingerprint density at radius 3 is 2.84 bits per heavy atom. The summed E-state index contributed by atoms with van der Waals surface area (Å²) in [5.41, 5.74) is 0.685. The van der Waals surface area contributed by atoms with Crippen molar-refractivity contribution in [3.05, 3.63) is 38.9 Å². The molecule has 104 valence electrons. The Bertz CT molecular complexity index is 461. The molecule has 4 nitrogen and oxygen atoms in total. The zero-order chi connectivity index (χ0) is 13.8. The minimum absolute atomic E-state index is 0.0984. The molecular weight excluding hydrogens is 264 g/mol. The van der Waals surface area contributed by atoms with Crippen molar-refractivity contribution in [2.45, 2.75) is 45.2 Å². The highest BCUT2D eigenvalue weighted by atomic mass is 35.5. The van der Waals surface area contributed by atoms with E-state index in [1.54, 1.807) is 12.1 Å². The van der Waals surface area contributed by atoms with E-state index in [0.717, 1.165) is 18.8 Å². The van der Waals surface area contributed by atoms with Crippen LogP contribution in [0.3, 0.4) is 0 Å². The predicted octanol–water partition coefficient (Wildman–Crippen LogP) is 3.92. The third-order valence-corrected chi connectivity index (χ3v) is 4.02. The van der Waals surface area contributed by atoms with Crippen molar-refractivity contribution in [1.82, 2.24) is 5.32 Å². The van der Waals surface area contributed by atoms with Crippen molar-refractivity contribution in [1.29, 1.82) is 0 Å². The van der Waals surface area contributed by atoms with Crippen LogP contribution in [0.15, 0.2) is 18.2 Å². The summed E-state index contributed by atoms with van der Waals surface area (Å²) in [4.78, 5) is 10.6. The van der Waals surface area contributed by atoms with Gasteiger partial charge in [0, 0.05) is 18.7 Å². The van der Waals surface area contributed by atoms with E-state index in [-0.39, 0.29) is 10.6 Å². The third kappa shape index (κ3) is 3.91. The fraction of sp³-hybridized carbons (Fsp3) is 0.571. The van der Waals surface area contributed by atoms with E-state index < -0.39 is 0 Å². The van der Waals surface area contributed by atoms with Crippen LogP contribution < -0.4 is 5.32 Å². The molecule has 0 heterocycles. The lowest BCUT2D eigenvalue weighted by Crippen LogP contribution is -2.28. The van der Waals surface area contributed by atoms with Gasteiger partial charge in [-0.05, 0) is 24.8 Å². The fourth-order valence-corrected chi connectivity index (χ4v) is 2.53. The van der Waals surface area contributed by atoms with E-state index in [4.69, 9.17) is 11.6 Å². The summed E-state index contributed by atoms with van der Waals surface area (Å²) in [6.07, 6.45) is 4.85. The minimum atomic E-state index is -0.370. The Balaban J connectivity index is 2.02. The predicted molar refractivity (Wildman–Crippen MR) is 76.4 cm³/mol. The van der Waals surface area contributed by atoms with Crippen LogP contribution in [-0.2, 0) is 6.54 Å². The van der Waals surface area contributed by atoms with Gasteiger partial charge in [0.15, 0.2) is 0 Å². The highest BCUT2D eigenvalue weighted by Crippen LogP contribution is 2.34. The first kappa shape index (κ1) is 14.3. The van der Waals surface area contributed by atoms with Gasteiger partial charge in [-0.3, -0.25) is 10.1 Å². The van der Waals surface area contributed by atoms with Gasteiger partial charge in [0.2, 0.25) is 0 Å². The number of nitrogens with one attached hydrogen (secondary N) is 1. The number of nitro groups is 1. The lowest BCUT2D eigenvalue weighted by molar-refractivity contribution is -0.385. The molecule has 0 bridgehead atoms. The van der Waals surface area contributed by atoms with E-state index in [0.29, 0.717) is 23.2 Å². The van der Waals surface area contributed by atoms with Gasteiger partial charge in [0.05, 0.1) is 15.5 Å². The summed E-state index contributed by atoms with van der Waals surface area (Å²) in [6.45, 7) is 2.60. The molecule has 0 aliphatic heterocycles. The summed E-state index contributed by atoms with van der Waals surface area (Å²) in [5.74, 6) is 0.846. The molecule has 1 atom stereocenters. The molecule has 1 aromatic carbocycles. The molecule has 1 N–H and O–H groups in total. The molecule has 1 unspecified atom stereocenters. The Labute approximate surface area is 118 Å². The Morgan fingerprint density at radius 2 is 2.26 bits per heavy atom. The van der Waals surface area contributed by atoms with Crippen LogP contribution in [0.5, 0.6) is 0 Å². The Morgan fingerprint density at radius 1 is 1.53 bits per heavy atom. The van der Waals surface area contributed by atoms with Gasteiger partial charge in [-0.15, -0.1) is 0 Å². The van der Waals surface area contributed by atoms with Crippen molar-refractivity contribution >= 4 is 17.3 Å². The topological polar surface area (TPSA) is 55.2 Å². The highest BCUT2D eigenvalue weighted by Gasteiger charge is 2.25. The standard InChI is InChI=1S/C14H19ClN2O2/c1-2-11(8-10-6-7-10)16-9-12-13(15)4-3-5-14(12)17(18)19/h3-5,10-11,16H,2,6-9H2,1H3. The first-order valence-electron chi connectivity index (χ1n) is 6.77. The van der Waals surface area contributed by atoms with Crippen LogP contribution in [0.2, 0.25) is 5.02 Å². The zero-order valence-electron chi connectivity index (χ0n) is 11.1. The SMILES string of the molecule is CCC(CC1CC1)NCc1c(Cl)cccc1[N+](=O)[O-]. The van der Waals surface area contributed by atoms with Crippen LogP contribution >= 0.6 is 11.6 Å². The maximum atomic E-state index is 11.0. The Hall–Kier alpha value is -1.13. The average molecular weight is 283 g/mol. The van der Waals surface area contributed by atoms with Crippen molar-refractivity contribution in [3.63, 3.8) is 0 Å². The van der Waals surface area contributed by atoms with E-state index in [1.807, 2.05) is 0 Å². The van der Waals surface area contributed by atoms with Crippen LogP contribution in [0.25, 0.3) is 0 Å². The molecule has 1 aliphatic rings. The largest absolute Gasteiger partial charge is 0.310 e. The van der Waals surface area contributed by atoms with Crippen LogP contribution in [0.4, 0.5) is 5.69 Å². The maximum Gasteiger partial charge on any atom is 0.275 e. The molecule has 1 aliphatic carbocycles. The monoisotopic (exact) mass is 282 g/mol. The van der Waals surface area contributed by atoms with Gasteiger partial charge in [-0.25, -0.2) is 0 Å². The second kappa shape index (κ2) is 6.35. The first-order chi connectivity index (χ1) is 9.11. The number of halogens is 1. The van der Waals surface area contributed by atoms with Crippen molar-refractivity contribution in [2.75, 3.05) is 0 Å². The Kier molecular flexibility index (Phi) is 4.77. The number of rotatable bonds is 7. The number of benzene rings is 1. The molecule has 0 aromatic heterocycles. The van der Waals surface area contributed by atoms with Gasteiger partial charge in [-0.1, -0.05) is 37.4 Å². The fourth-order valence-electron chi connectivity index (χ4n) is 2.29. The molecule has 1 aromatic rings. The number of nitro benzene ring substituents is 1. The molecule has 0 amide bonds. The van der Waals surface area contributed by atoms with Crippen LogP contribution in [0, 0.1) is 16.0 Å². The van der Waals surface area contributed by atoms with Crippen LogP contribution in [0.1, 0.15) is 38.2 Å². The molecule has 1 fully saturated rings. The first-order valence-corrected chi connectivity index (χ1v) is 7.14. The van der Waals surface area contributed by atoms with Gasteiger partial charge >= 0.3 is 0 Å². The van der Waals surface area contributed by atoms with Gasteiger partial charge < -0.3 is 5.32 Å². The molecule has 2 rings (SSSR count). The van der Waals surface area contributed by atoms with Crippen molar-refractivity contribution in [3.8, 4) is 0 Å². The number of hydrogen-bond acceptors (Lipinski definition) is 3. The highest BCUT2D eigenvalue weighted by molar-refractivity contribution is 6.31. The number of nitrogens with zero attached hydrogens (tertiary/aromatic N) is 1. The summed E-state index contributed by atoms with van der Waals surface area (Å²) in [6, 6.07) is 5.24. The molecule has 19 heavy (non-hydrogen) atoms. The van der Waals surface area contributed by atoms with Gasteiger partial charge in [-0.2, -0.15) is 0 Å². The van der Waals surface area contributed by atoms with Crippen LogP contribution in [-0.4, -0.2) is 11.0 Å². The normalized spacial score (nSPS) is 16.3. The summed E-state index contributed by atoms with van der Waals surface area (Å²) in [5, 5.41) is 14.9. The van der Waals surface area contributed by atoms with E-state index in [2.05, 4.69) is 12.2 Å². The van der Waals surface area contributed by atoms with Gasteiger partial charge in [0.25, 0.3) is 5.69 Å². The second-order valence-electron chi connectivity index (χ2n) is 5.16. The van der Waals surface area contributed by atoms with E-state index in [1.165, 1.54) is 18.9 Å². The smallest absolute Gasteiger partial charge is 0.275 e. The lowest BCUT2D eigenvalue weighted by atomic mass is 10.1. The molecule has 0 spiro atoms. The summed E-state index contributed by atoms with van der Waals surface area (Å²) < 4.78 is 0. The van der Waals surface area contributed by atoms with E-state index >= 15 is 0 Å². The third-order valence-electron chi connectivity index (χ3n) is 3.67.